The van der Waals surface area contributed by atoms with E-state index in [1.807, 2.05) is 36.9 Å². The Balaban J connectivity index is 0.00000320. The van der Waals surface area contributed by atoms with E-state index in [1.165, 1.54) is 11.6 Å². The first-order valence-corrected chi connectivity index (χ1v) is 9.58. The third-order valence-electron chi connectivity index (χ3n) is 4.86. The summed E-state index contributed by atoms with van der Waals surface area (Å²) in [4.78, 5) is 20.9. The van der Waals surface area contributed by atoms with Crippen molar-refractivity contribution in [2.24, 2.45) is 21.5 Å². The lowest BCUT2D eigenvalue weighted by atomic mass is 10.0. The SMILES string of the molecule is CC1(C)N=C(N)N=C(N)N1c1cccc(CCCCc2cccc([N+](=O)[O-])c2)c1.Cl. The molecule has 0 aliphatic carbocycles. The smallest absolute Gasteiger partial charge is 0.269 e. The summed E-state index contributed by atoms with van der Waals surface area (Å²) < 4.78 is 0. The number of rotatable bonds is 7. The molecule has 0 saturated heterocycles. The first-order chi connectivity index (χ1) is 13.8. The van der Waals surface area contributed by atoms with Crippen molar-refractivity contribution >= 4 is 35.7 Å². The van der Waals surface area contributed by atoms with E-state index < -0.39 is 5.66 Å². The van der Waals surface area contributed by atoms with Crippen molar-refractivity contribution in [3.8, 4) is 0 Å². The summed E-state index contributed by atoms with van der Waals surface area (Å²) in [5.41, 5.74) is 14.5. The Hall–Kier alpha value is -3.13. The number of benzene rings is 2. The maximum absolute atomic E-state index is 10.9. The van der Waals surface area contributed by atoms with Gasteiger partial charge in [-0.1, -0.05) is 24.3 Å². The summed E-state index contributed by atoms with van der Waals surface area (Å²) in [6.45, 7) is 3.88. The number of non-ortho nitro benzene ring substituents is 1. The minimum Gasteiger partial charge on any atom is -0.369 e. The lowest BCUT2D eigenvalue weighted by Gasteiger charge is -2.38. The second-order valence-electron chi connectivity index (χ2n) is 7.57. The first kappa shape index (κ1) is 23.2. The molecule has 0 unspecified atom stereocenters. The minimum absolute atomic E-state index is 0. The lowest BCUT2D eigenvalue weighted by molar-refractivity contribution is -0.384. The fourth-order valence-corrected chi connectivity index (χ4v) is 3.59. The van der Waals surface area contributed by atoms with Crippen molar-refractivity contribution in [2.75, 3.05) is 4.90 Å². The molecule has 1 aliphatic heterocycles. The summed E-state index contributed by atoms with van der Waals surface area (Å²) >= 11 is 0. The number of nitrogens with zero attached hydrogens (tertiary/aromatic N) is 4. The molecule has 0 fully saturated rings. The van der Waals surface area contributed by atoms with E-state index in [0.717, 1.165) is 36.9 Å². The number of halogens is 1. The van der Waals surface area contributed by atoms with Crippen molar-refractivity contribution in [3.05, 3.63) is 69.8 Å². The van der Waals surface area contributed by atoms with E-state index in [2.05, 4.69) is 22.1 Å². The van der Waals surface area contributed by atoms with Gasteiger partial charge in [0, 0.05) is 17.8 Å². The Labute approximate surface area is 182 Å². The van der Waals surface area contributed by atoms with E-state index in [-0.39, 0.29) is 29.0 Å². The van der Waals surface area contributed by atoms with Crippen LogP contribution in [0.15, 0.2) is 58.5 Å². The summed E-state index contributed by atoms with van der Waals surface area (Å²) in [5.74, 6) is 0.506. The van der Waals surface area contributed by atoms with Gasteiger partial charge < -0.3 is 11.5 Å². The Bertz CT molecular complexity index is 973. The Morgan fingerprint density at radius 3 is 2.23 bits per heavy atom. The number of aryl methyl sites for hydroxylation is 2. The maximum Gasteiger partial charge on any atom is 0.269 e. The van der Waals surface area contributed by atoms with Gasteiger partial charge in [-0.25, -0.2) is 4.99 Å². The molecule has 3 rings (SSSR count). The third-order valence-corrected chi connectivity index (χ3v) is 4.86. The molecule has 0 spiro atoms. The van der Waals surface area contributed by atoms with Crippen LogP contribution in [0.2, 0.25) is 0 Å². The Kier molecular flexibility index (Phi) is 7.39. The number of aliphatic imine (C=N–C) groups is 2. The summed E-state index contributed by atoms with van der Waals surface area (Å²) in [6, 6.07) is 15.0. The highest BCUT2D eigenvalue weighted by Gasteiger charge is 2.32. The fourth-order valence-electron chi connectivity index (χ4n) is 3.59. The van der Waals surface area contributed by atoms with Crippen molar-refractivity contribution < 1.29 is 4.92 Å². The van der Waals surface area contributed by atoms with Crippen molar-refractivity contribution in [1.82, 2.24) is 0 Å². The van der Waals surface area contributed by atoms with Crippen molar-refractivity contribution in [1.29, 1.82) is 0 Å². The number of hydrogen-bond acceptors (Lipinski definition) is 7. The number of anilines is 1. The van der Waals surface area contributed by atoms with E-state index in [9.17, 15) is 10.1 Å². The van der Waals surface area contributed by atoms with E-state index in [0.29, 0.717) is 5.96 Å². The molecule has 4 N–H and O–H groups in total. The monoisotopic (exact) mass is 430 g/mol. The Morgan fingerprint density at radius 2 is 1.63 bits per heavy atom. The van der Waals surface area contributed by atoms with Gasteiger partial charge in [-0.15, -0.1) is 12.4 Å². The van der Waals surface area contributed by atoms with Crippen LogP contribution in [0.3, 0.4) is 0 Å². The third kappa shape index (κ3) is 5.48. The molecule has 0 aromatic heterocycles. The van der Waals surface area contributed by atoms with Crippen molar-refractivity contribution in [2.45, 2.75) is 45.2 Å². The van der Waals surface area contributed by atoms with Gasteiger partial charge in [0.25, 0.3) is 5.69 Å². The first-order valence-electron chi connectivity index (χ1n) is 9.58. The lowest BCUT2D eigenvalue weighted by Crippen LogP contribution is -2.54. The molecule has 2 aromatic carbocycles. The molecular weight excluding hydrogens is 404 g/mol. The van der Waals surface area contributed by atoms with Crippen LogP contribution < -0.4 is 16.4 Å². The highest BCUT2D eigenvalue weighted by molar-refractivity contribution is 6.05. The average molecular weight is 431 g/mol. The average Bonchev–Trinajstić information content (AvgIpc) is 2.64. The van der Waals surface area contributed by atoms with Gasteiger partial charge in [0.1, 0.15) is 5.66 Å². The Morgan fingerprint density at radius 1 is 1.03 bits per heavy atom. The van der Waals surface area contributed by atoms with E-state index in [4.69, 9.17) is 11.5 Å². The molecule has 1 heterocycles. The van der Waals surface area contributed by atoms with Gasteiger partial charge in [0.2, 0.25) is 11.9 Å². The molecule has 1 aliphatic rings. The van der Waals surface area contributed by atoms with Gasteiger partial charge in [-0.2, -0.15) is 4.99 Å². The second-order valence-corrected chi connectivity index (χ2v) is 7.57. The highest BCUT2D eigenvalue weighted by atomic mass is 35.5. The van der Waals surface area contributed by atoms with Crippen LogP contribution in [-0.4, -0.2) is 22.5 Å². The van der Waals surface area contributed by atoms with Crippen LogP contribution in [0.5, 0.6) is 0 Å². The molecule has 0 saturated carbocycles. The number of hydrogen-bond donors (Lipinski definition) is 2. The summed E-state index contributed by atoms with van der Waals surface area (Å²) in [5, 5.41) is 10.9. The summed E-state index contributed by atoms with van der Waals surface area (Å²) in [7, 11) is 0. The van der Waals surface area contributed by atoms with Crippen molar-refractivity contribution in [3.63, 3.8) is 0 Å². The standard InChI is InChI=1S/C21H26N6O2.ClH/c1-21(2)25-19(22)24-20(23)26(21)17-11-5-9-15(13-17)7-3-4-8-16-10-6-12-18(14-16)27(28)29;/h5-6,9-14H,3-4,7-8H2,1-2H3,(H4,22,23,24,25);1H. The highest BCUT2D eigenvalue weighted by Crippen LogP contribution is 2.28. The molecule has 9 heteroatoms. The molecule has 160 valence electrons. The molecule has 0 bridgehead atoms. The van der Waals surface area contributed by atoms with Gasteiger partial charge >= 0.3 is 0 Å². The van der Waals surface area contributed by atoms with Crippen LogP contribution in [0.4, 0.5) is 11.4 Å². The quantitative estimate of drug-likeness (QED) is 0.393. The predicted octanol–water partition coefficient (Wildman–Crippen LogP) is 3.77. The molecule has 0 amide bonds. The predicted molar refractivity (Wildman–Crippen MR) is 123 cm³/mol. The molecular formula is C21H27ClN6O2. The molecule has 0 radical (unpaired) electrons. The van der Waals surface area contributed by atoms with Crippen LogP contribution in [0.25, 0.3) is 0 Å². The zero-order valence-electron chi connectivity index (χ0n) is 17.1. The van der Waals surface area contributed by atoms with Gasteiger partial charge in [-0.05, 0) is 62.8 Å². The number of guanidine groups is 2. The fraction of sp³-hybridized carbons (Fsp3) is 0.333. The molecule has 30 heavy (non-hydrogen) atoms. The number of nitro benzene ring substituents is 1. The van der Waals surface area contributed by atoms with E-state index >= 15 is 0 Å². The molecule has 2 aromatic rings. The van der Waals surface area contributed by atoms with Gasteiger partial charge in [0.15, 0.2) is 0 Å². The van der Waals surface area contributed by atoms with Crippen LogP contribution in [0.1, 0.15) is 37.8 Å². The van der Waals surface area contributed by atoms with Crippen LogP contribution in [-0.2, 0) is 12.8 Å². The largest absolute Gasteiger partial charge is 0.369 e. The maximum atomic E-state index is 10.9. The minimum atomic E-state index is -0.615. The second kappa shape index (κ2) is 9.58. The summed E-state index contributed by atoms with van der Waals surface area (Å²) in [6.07, 6.45) is 3.64. The van der Waals surface area contributed by atoms with Crippen LogP contribution >= 0.6 is 12.4 Å². The number of unbranched alkanes of at least 4 members (excludes halogenated alkanes) is 1. The normalized spacial score (nSPS) is 15.1. The van der Waals surface area contributed by atoms with Gasteiger partial charge in [-0.3, -0.25) is 15.0 Å². The zero-order valence-corrected chi connectivity index (χ0v) is 17.9. The number of nitro groups is 1. The van der Waals surface area contributed by atoms with Crippen LogP contribution in [0, 0.1) is 10.1 Å². The topological polar surface area (TPSA) is 123 Å². The number of nitrogens with two attached hydrogens (primary N) is 2. The zero-order chi connectivity index (χ0) is 21.0. The van der Waals surface area contributed by atoms with E-state index in [1.54, 1.807) is 12.1 Å². The molecule has 0 atom stereocenters. The molecule has 8 nitrogen and oxygen atoms in total. The van der Waals surface area contributed by atoms with Gasteiger partial charge in [0.05, 0.1) is 4.92 Å².